The van der Waals surface area contributed by atoms with Gasteiger partial charge >= 0.3 is 0 Å². The maximum absolute atomic E-state index is 11.2. The van der Waals surface area contributed by atoms with Gasteiger partial charge in [-0.25, -0.2) is 0 Å². The third-order valence-corrected chi connectivity index (χ3v) is 2.39. The van der Waals surface area contributed by atoms with Crippen LogP contribution in [-0.2, 0) is 4.79 Å². The zero-order valence-corrected chi connectivity index (χ0v) is 7.97. The van der Waals surface area contributed by atoms with Crippen LogP contribution in [0.1, 0.15) is 33.1 Å². The van der Waals surface area contributed by atoms with Crippen molar-refractivity contribution >= 4 is 5.91 Å². The first kappa shape index (κ1) is 9.52. The summed E-state index contributed by atoms with van der Waals surface area (Å²) in [5, 5.41) is 3.06. The lowest BCUT2D eigenvalue weighted by Crippen LogP contribution is -2.35. The maximum Gasteiger partial charge on any atom is 0.237 e. The van der Waals surface area contributed by atoms with Crippen LogP contribution in [0.2, 0.25) is 0 Å². The lowest BCUT2D eigenvalue weighted by molar-refractivity contribution is -0.128. The molecule has 0 aromatic rings. The van der Waals surface area contributed by atoms with Crippen LogP contribution in [0, 0.1) is 0 Å². The SMILES string of the molecule is CCCCC(C)N1CNCC1=O. The number of nitrogens with one attached hydrogen (secondary N) is 1. The van der Waals surface area contributed by atoms with Crippen LogP contribution in [0.25, 0.3) is 0 Å². The van der Waals surface area contributed by atoms with E-state index in [1.165, 1.54) is 12.8 Å². The predicted octanol–water partition coefficient (Wildman–Crippen LogP) is 0.954. The van der Waals surface area contributed by atoms with Crippen molar-refractivity contribution in [3.8, 4) is 0 Å². The summed E-state index contributed by atoms with van der Waals surface area (Å²) >= 11 is 0. The Morgan fingerprint density at radius 3 is 2.92 bits per heavy atom. The van der Waals surface area contributed by atoms with Gasteiger partial charge in [0.15, 0.2) is 0 Å². The van der Waals surface area contributed by atoms with Crippen LogP contribution >= 0.6 is 0 Å². The average Bonchev–Trinajstić information content (AvgIpc) is 2.47. The number of hydrogen-bond acceptors (Lipinski definition) is 2. The van der Waals surface area contributed by atoms with Gasteiger partial charge in [0, 0.05) is 6.04 Å². The number of amides is 1. The molecule has 1 saturated heterocycles. The van der Waals surface area contributed by atoms with Crippen molar-refractivity contribution in [1.29, 1.82) is 0 Å². The second-order valence-electron chi connectivity index (χ2n) is 3.44. The summed E-state index contributed by atoms with van der Waals surface area (Å²) < 4.78 is 0. The van der Waals surface area contributed by atoms with Gasteiger partial charge in [0.1, 0.15) is 0 Å². The van der Waals surface area contributed by atoms with Gasteiger partial charge in [0.2, 0.25) is 5.91 Å². The zero-order chi connectivity index (χ0) is 8.97. The highest BCUT2D eigenvalue weighted by molar-refractivity contribution is 5.80. The van der Waals surface area contributed by atoms with Gasteiger partial charge in [0.05, 0.1) is 13.2 Å². The van der Waals surface area contributed by atoms with Crippen molar-refractivity contribution in [3.05, 3.63) is 0 Å². The molecule has 1 atom stereocenters. The van der Waals surface area contributed by atoms with Crippen LogP contribution in [0.15, 0.2) is 0 Å². The molecule has 12 heavy (non-hydrogen) atoms. The van der Waals surface area contributed by atoms with E-state index in [2.05, 4.69) is 19.2 Å². The number of carbonyl (C=O) groups excluding carboxylic acids is 1. The molecule has 1 fully saturated rings. The largest absolute Gasteiger partial charge is 0.326 e. The maximum atomic E-state index is 11.2. The van der Waals surface area contributed by atoms with Gasteiger partial charge in [-0.3, -0.25) is 10.1 Å². The normalized spacial score (nSPS) is 20.2. The second kappa shape index (κ2) is 4.45. The highest BCUT2D eigenvalue weighted by Crippen LogP contribution is 2.09. The Morgan fingerprint density at radius 1 is 1.67 bits per heavy atom. The summed E-state index contributed by atoms with van der Waals surface area (Å²) in [6.45, 7) is 5.57. The fourth-order valence-electron chi connectivity index (χ4n) is 1.53. The molecule has 0 radical (unpaired) electrons. The van der Waals surface area contributed by atoms with Crippen LogP contribution < -0.4 is 5.32 Å². The molecule has 3 heteroatoms. The zero-order valence-electron chi connectivity index (χ0n) is 7.97. The Balaban J connectivity index is 2.30. The standard InChI is InChI=1S/C9H18N2O/c1-3-4-5-8(2)11-7-10-6-9(11)12/h8,10H,3-7H2,1-2H3. The second-order valence-corrected chi connectivity index (χ2v) is 3.44. The minimum Gasteiger partial charge on any atom is -0.326 e. The van der Waals surface area contributed by atoms with Crippen LogP contribution in [0.5, 0.6) is 0 Å². The summed E-state index contributed by atoms with van der Waals surface area (Å²) in [4.78, 5) is 13.2. The minimum atomic E-state index is 0.249. The Morgan fingerprint density at radius 2 is 2.42 bits per heavy atom. The van der Waals surface area contributed by atoms with E-state index >= 15 is 0 Å². The van der Waals surface area contributed by atoms with E-state index in [1.807, 2.05) is 4.90 Å². The summed E-state index contributed by atoms with van der Waals surface area (Å²) in [6, 6.07) is 0.410. The van der Waals surface area contributed by atoms with Gasteiger partial charge in [-0.15, -0.1) is 0 Å². The Labute approximate surface area is 74.1 Å². The van der Waals surface area contributed by atoms with Crippen LogP contribution in [0.3, 0.4) is 0 Å². The van der Waals surface area contributed by atoms with Crippen molar-refractivity contribution in [2.24, 2.45) is 0 Å². The molecule has 0 saturated carbocycles. The molecular weight excluding hydrogens is 152 g/mol. The molecule has 1 N–H and O–H groups in total. The van der Waals surface area contributed by atoms with E-state index in [9.17, 15) is 4.79 Å². The highest BCUT2D eigenvalue weighted by atomic mass is 16.2. The molecule has 0 aliphatic carbocycles. The van der Waals surface area contributed by atoms with Crippen LogP contribution in [0.4, 0.5) is 0 Å². The van der Waals surface area contributed by atoms with Crippen molar-refractivity contribution in [2.45, 2.75) is 39.2 Å². The lowest BCUT2D eigenvalue weighted by Gasteiger charge is -2.22. The highest BCUT2D eigenvalue weighted by Gasteiger charge is 2.23. The molecule has 3 nitrogen and oxygen atoms in total. The molecule has 0 aromatic heterocycles. The Bertz CT molecular complexity index is 159. The molecule has 1 unspecified atom stereocenters. The average molecular weight is 170 g/mol. The Kier molecular flexibility index (Phi) is 3.53. The first-order chi connectivity index (χ1) is 5.75. The molecule has 1 aliphatic rings. The number of nitrogens with zero attached hydrogens (tertiary/aromatic N) is 1. The summed E-state index contributed by atoms with van der Waals surface area (Å²) in [6.07, 6.45) is 3.55. The van der Waals surface area contributed by atoms with E-state index in [0.717, 1.165) is 13.1 Å². The molecule has 70 valence electrons. The van der Waals surface area contributed by atoms with Crippen molar-refractivity contribution in [1.82, 2.24) is 10.2 Å². The lowest BCUT2D eigenvalue weighted by atomic mass is 10.1. The first-order valence-electron chi connectivity index (χ1n) is 4.76. The topological polar surface area (TPSA) is 32.3 Å². The van der Waals surface area contributed by atoms with Gasteiger partial charge in [-0.2, -0.15) is 0 Å². The number of rotatable bonds is 4. The monoisotopic (exact) mass is 170 g/mol. The van der Waals surface area contributed by atoms with Gasteiger partial charge in [0.25, 0.3) is 0 Å². The molecule has 0 aromatic carbocycles. The summed E-state index contributed by atoms with van der Waals surface area (Å²) in [5.74, 6) is 0.249. The van der Waals surface area contributed by atoms with Crippen LogP contribution in [-0.4, -0.2) is 30.1 Å². The van der Waals surface area contributed by atoms with E-state index in [1.54, 1.807) is 0 Å². The summed E-state index contributed by atoms with van der Waals surface area (Å²) in [5.41, 5.74) is 0. The minimum absolute atomic E-state index is 0.249. The number of hydrogen-bond donors (Lipinski definition) is 1. The third-order valence-electron chi connectivity index (χ3n) is 2.39. The first-order valence-corrected chi connectivity index (χ1v) is 4.76. The van der Waals surface area contributed by atoms with Crippen molar-refractivity contribution in [3.63, 3.8) is 0 Å². The van der Waals surface area contributed by atoms with Gasteiger partial charge < -0.3 is 4.90 Å². The third kappa shape index (κ3) is 2.21. The van der Waals surface area contributed by atoms with E-state index in [4.69, 9.17) is 0 Å². The Hall–Kier alpha value is -0.570. The molecule has 1 rings (SSSR count). The predicted molar refractivity (Wildman–Crippen MR) is 48.7 cm³/mol. The van der Waals surface area contributed by atoms with Crippen molar-refractivity contribution in [2.75, 3.05) is 13.2 Å². The molecular formula is C9H18N2O. The fourth-order valence-corrected chi connectivity index (χ4v) is 1.53. The number of unbranched alkanes of at least 4 members (excludes halogenated alkanes) is 1. The van der Waals surface area contributed by atoms with Gasteiger partial charge in [-0.05, 0) is 13.3 Å². The fraction of sp³-hybridized carbons (Fsp3) is 0.889. The van der Waals surface area contributed by atoms with Crippen molar-refractivity contribution < 1.29 is 4.79 Å². The smallest absolute Gasteiger partial charge is 0.237 e. The van der Waals surface area contributed by atoms with E-state index < -0.39 is 0 Å². The molecule has 1 aliphatic heterocycles. The molecule has 1 heterocycles. The number of carbonyl (C=O) groups is 1. The van der Waals surface area contributed by atoms with E-state index in [0.29, 0.717) is 12.6 Å². The molecule has 0 spiro atoms. The van der Waals surface area contributed by atoms with E-state index in [-0.39, 0.29) is 5.91 Å². The molecule has 1 amide bonds. The molecule has 0 bridgehead atoms. The van der Waals surface area contributed by atoms with Gasteiger partial charge in [-0.1, -0.05) is 19.8 Å². The summed E-state index contributed by atoms with van der Waals surface area (Å²) in [7, 11) is 0. The quantitative estimate of drug-likeness (QED) is 0.681.